The van der Waals surface area contributed by atoms with Crippen molar-refractivity contribution in [2.75, 3.05) is 12.8 Å². The number of halogens is 1. The monoisotopic (exact) mass is 310 g/mol. The molecule has 0 saturated carbocycles. The van der Waals surface area contributed by atoms with E-state index >= 15 is 0 Å². The van der Waals surface area contributed by atoms with Crippen LogP contribution in [0.4, 0.5) is 10.1 Å². The van der Waals surface area contributed by atoms with Gasteiger partial charge in [0.05, 0.1) is 12.8 Å². The van der Waals surface area contributed by atoms with Crippen LogP contribution in [0, 0.1) is 5.82 Å². The Bertz CT molecular complexity index is 710. The van der Waals surface area contributed by atoms with E-state index in [1.165, 1.54) is 12.1 Å². The topological polar surface area (TPSA) is 81.4 Å². The zero-order valence-corrected chi connectivity index (χ0v) is 12.2. The quantitative estimate of drug-likeness (QED) is 0.826. The van der Waals surface area contributed by atoms with Gasteiger partial charge in [-0.15, -0.1) is 0 Å². The molecule has 0 bridgehead atoms. The number of benzene rings is 2. The van der Waals surface area contributed by atoms with Gasteiger partial charge in [0.2, 0.25) is 10.0 Å². The van der Waals surface area contributed by atoms with Crippen LogP contribution < -0.4 is 15.2 Å². The summed E-state index contributed by atoms with van der Waals surface area (Å²) >= 11 is 0. The highest BCUT2D eigenvalue weighted by molar-refractivity contribution is 7.89. The molecule has 2 aromatic rings. The van der Waals surface area contributed by atoms with Gasteiger partial charge in [-0.05, 0) is 29.8 Å². The smallest absolute Gasteiger partial charge is 0.245 e. The molecule has 2 aromatic carbocycles. The van der Waals surface area contributed by atoms with Crippen LogP contribution in [0.1, 0.15) is 5.56 Å². The minimum Gasteiger partial charge on any atom is -0.497 e. The number of nitrogens with one attached hydrogen (secondary N) is 1. The van der Waals surface area contributed by atoms with Crippen LogP contribution in [0.15, 0.2) is 47.4 Å². The maximum Gasteiger partial charge on any atom is 0.245 e. The van der Waals surface area contributed by atoms with Gasteiger partial charge in [0.25, 0.3) is 0 Å². The number of nitrogen functional groups attached to an aromatic ring is 1. The molecule has 0 aliphatic heterocycles. The van der Waals surface area contributed by atoms with E-state index in [1.54, 1.807) is 31.4 Å². The number of anilines is 1. The van der Waals surface area contributed by atoms with Crippen molar-refractivity contribution in [1.29, 1.82) is 0 Å². The van der Waals surface area contributed by atoms with Crippen molar-refractivity contribution < 1.29 is 17.5 Å². The Labute approximate surface area is 122 Å². The van der Waals surface area contributed by atoms with Gasteiger partial charge >= 0.3 is 0 Å². The van der Waals surface area contributed by atoms with E-state index in [0.29, 0.717) is 11.3 Å². The first kappa shape index (κ1) is 15.3. The van der Waals surface area contributed by atoms with Gasteiger partial charge in [0.1, 0.15) is 16.5 Å². The standard InChI is InChI=1S/C14H15FN2O3S/c1-20-11-7-5-10(6-8-11)9-17-21(18,19)14-12(15)3-2-4-13(14)16/h2-8,17H,9,16H2,1H3. The maximum absolute atomic E-state index is 13.7. The van der Waals surface area contributed by atoms with Crippen molar-refractivity contribution in [2.45, 2.75) is 11.4 Å². The van der Waals surface area contributed by atoms with E-state index in [4.69, 9.17) is 10.5 Å². The summed E-state index contributed by atoms with van der Waals surface area (Å²) in [5, 5.41) is 0. The van der Waals surface area contributed by atoms with Crippen LogP contribution in [-0.4, -0.2) is 15.5 Å². The number of ether oxygens (including phenoxy) is 1. The lowest BCUT2D eigenvalue weighted by atomic mass is 10.2. The molecule has 0 aliphatic carbocycles. The Hall–Kier alpha value is -2.12. The molecule has 0 radical (unpaired) electrons. The Morgan fingerprint density at radius 3 is 2.43 bits per heavy atom. The molecule has 5 nitrogen and oxygen atoms in total. The van der Waals surface area contributed by atoms with Gasteiger partial charge in [-0.25, -0.2) is 17.5 Å². The van der Waals surface area contributed by atoms with Gasteiger partial charge in [-0.2, -0.15) is 0 Å². The van der Waals surface area contributed by atoms with Crippen molar-refractivity contribution in [3.05, 3.63) is 53.8 Å². The van der Waals surface area contributed by atoms with Gasteiger partial charge in [-0.1, -0.05) is 18.2 Å². The lowest BCUT2D eigenvalue weighted by Crippen LogP contribution is -2.25. The summed E-state index contributed by atoms with van der Waals surface area (Å²) in [6, 6.07) is 10.6. The normalized spacial score (nSPS) is 11.3. The van der Waals surface area contributed by atoms with Gasteiger partial charge in [0.15, 0.2) is 0 Å². The lowest BCUT2D eigenvalue weighted by Gasteiger charge is -2.10. The van der Waals surface area contributed by atoms with Gasteiger partial charge in [-0.3, -0.25) is 0 Å². The van der Waals surface area contributed by atoms with Gasteiger partial charge in [0, 0.05) is 6.54 Å². The van der Waals surface area contributed by atoms with Crippen LogP contribution in [0.3, 0.4) is 0 Å². The fourth-order valence-electron chi connectivity index (χ4n) is 1.80. The molecule has 112 valence electrons. The molecule has 0 atom stereocenters. The van der Waals surface area contributed by atoms with E-state index in [-0.39, 0.29) is 12.2 Å². The zero-order valence-electron chi connectivity index (χ0n) is 11.3. The summed E-state index contributed by atoms with van der Waals surface area (Å²) in [4.78, 5) is -0.529. The summed E-state index contributed by atoms with van der Waals surface area (Å²) in [6.07, 6.45) is 0. The molecule has 0 heterocycles. The molecule has 3 N–H and O–H groups in total. The highest BCUT2D eigenvalue weighted by Crippen LogP contribution is 2.21. The Morgan fingerprint density at radius 2 is 1.86 bits per heavy atom. The Kier molecular flexibility index (Phi) is 4.44. The van der Waals surface area contributed by atoms with E-state index < -0.39 is 20.7 Å². The second kappa shape index (κ2) is 6.11. The van der Waals surface area contributed by atoms with Gasteiger partial charge < -0.3 is 10.5 Å². The predicted octanol–water partition coefficient (Wildman–Crippen LogP) is 1.89. The fourth-order valence-corrected chi connectivity index (χ4v) is 3.01. The van der Waals surface area contributed by atoms with Crippen molar-refractivity contribution in [1.82, 2.24) is 4.72 Å². The first-order chi connectivity index (χ1) is 9.94. The molecule has 0 fully saturated rings. The average Bonchev–Trinajstić information content (AvgIpc) is 2.45. The molecule has 7 heteroatoms. The summed E-state index contributed by atoms with van der Waals surface area (Å²) in [5.41, 5.74) is 6.13. The Balaban J connectivity index is 2.18. The molecular formula is C14H15FN2O3S. The average molecular weight is 310 g/mol. The van der Waals surface area contributed by atoms with Crippen molar-refractivity contribution >= 4 is 15.7 Å². The molecule has 2 rings (SSSR count). The highest BCUT2D eigenvalue weighted by Gasteiger charge is 2.21. The molecule has 0 saturated heterocycles. The summed E-state index contributed by atoms with van der Waals surface area (Å²) in [5.74, 6) is -0.211. The second-order valence-corrected chi connectivity index (χ2v) is 6.03. The first-order valence-electron chi connectivity index (χ1n) is 6.10. The van der Waals surface area contributed by atoms with Crippen molar-refractivity contribution in [3.8, 4) is 5.75 Å². The third-order valence-electron chi connectivity index (χ3n) is 2.89. The molecule has 0 unspecified atom stereocenters. The summed E-state index contributed by atoms with van der Waals surface area (Å²) in [6.45, 7) is 0.0279. The Morgan fingerprint density at radius 1 is 1.19 bits per heavy atom. The van der Waals surface area contributed by atoms with Crippen molar-refractivity contribution in [3.63, 3.8) is 0 Å². The predicted molar refractivity (Wildman–Crippen MR) is 77.8 cm³/mol. The number of rotatable bonds is 5. The second-order valence-electron chi connectivity index (χ2n) is 4.33. The number of hydrogen-bond acceptors (Lipinski definition) is 4. The largest absolute Gasteiger partial charge is 0.497 e. The minimum atomic E-state index is -4.02. The minimum absolute atomic E-state index is 0.0279. The highest BCUT2D eigenvalue weighted by atomic mass is 32.2. The maximum atomic E-state index is 13.7. The van der Waals surface area contributed by atoms with Crippen LogP contribution in [0.2, 0.25) is 0 Å². The van der Waals surface area contributed by atoms with Crippen LogP contribution in [0.5, 0.6) is 5.75 Å². The van der Waals surface area contributed by atoms with E-state index in [0.717, 1.165) is 6.07 Å². The fraction of sp³-hybridized carbons (Fsp3) is 0.143. The molecule has 0 amide bonds. The summed E-state index contributed by atoms with van der Waals surface area (Å²) in [7, 11) is -2.48. The summed E-state index contributed by atoms with van der Waals surface area (Å²) < 4.78 is 45.2. The first-order valence-corrected chi connectivity index (χ1v) is 7.59. The molecular weight excluding hydrogens is 295 g/mol. The molecule has 21 heavy (non-hydrogen) atoms. The lowest BCUT2D eigenvalue weighted by molar-refractivity contribution is 0.414. The molecule has 0 aliphatic rings. The van der Waals surface area contributed by atoms with Crippen LogP contribution >= 0.6 is 0 Å². The number of methoxy groups -OCH3 is 1. The third-order valence-corrected chi connectivity index (χ3v) is 4.38. The number of hydrogen-bond donors (Lipinski definition) is 2. The zero-order chi connectivity index (χ0) is 15.5. The molecule has 0 aromatic heterocycles. The van der Waals surface area contributed by atoms with Crippen LogP contribution in [0.25, 0.3) is 0 Å². The van der Waals surface area contributed by atoms with Crippen molar-refractivity contribution in [2.24, 2.45) is 0 Å². The molecule has 0 spiro atoms. The van der Waals surface area contributed by atoms with E-state index in [9.17, 15) is 12.8 Å². The van der Waals surface area contributed by atoms with E-state index in [2.05, 4.69) is 4.72 Å². The van der Waals surface area contributed by atoms with E-state index in [1.807, 2.05) is 0 Å². The number of nitrogens with two attached hydrogens (primary N) is 1. The van der Waals surface area contributed by atoms with Crippen LogP contribution in [-0.2, 0) is 16.6 Å². The SMILES string of the molecule is COc1ccc(CNS(=O)(=O)c2c(N)cccc2F)cc1. The number of sulfonamides is 1. The third kappa shape index (κ3) is 3.50.